The highest BCUT2D eigenvalue weighted by Crippen LogP contribution is 2.16. The third kappa shape index (κ3) is 2.85. The van der Waals surface area contributed by atoms with Crippen LogP contribution < -0.4 is 11.1 Å². The number of furan rings is 1. The molecule has 14 heavy (non-hydrogen) atoms. The van der Waals surface area contributed by atoms with Crippen LogP contribution in [0.2, 0.25) is 0 Å². The number of nitrogens with one attached hydrogen (secondary N) is 1. The lowest BCUT2D eigenvalue weighted by Crippen LogP contribution is -2.36. The van der Waals surface area contributed by atoms with E-state index in [2.05, 4.69) is 21.2 Å². The minimum absolute atomic E-state index is 0.00428. The number of carbonyl (C=O) groups is 1. The van der Waals surface area contributed by atoms with E-state index in [9.17, 15) is 4.79 Å². The first kappa shape index (κ1) is 11.3. The van der Waals surface area contributed by atoms with E-state index in [1.54, 1.807) is 6.07 Å². The Labute approximate surface area is 91.0 Å². The van der Waals surface area contributed by atoms with Gasteiger partial charge in [-0.25, -0.2) is 0 Å². The van der Waals surface area contributed by atoms with Crippen LogP contribution in [0.25, 0.3) is 0 Å². The number of halogens is 1. The summed E-state index contributed by atoms with van der Waals surface area (Å²) >= 11 is 3.13. The first-order valence-corrected chi connectivity index (χ1v) is 5.21. The van der Waals surface area contributed by atoms with Gasteiger partial charge in [0.2, 0.25) is 0 Å². The molecular formula is C9H13BrN2O2. The number of hydrogen-bond acceptors (Lipinski definition) is 3. The quantitative estimate of drug-likeness (QED) is 0.863. The zero-order chi connectivity index (χ0) is 10.6. The van der Waals surface area contributed by atoms with Crippen LogP contribution in [0.1, 0.15) is 23.7 Å². The second-order valence-corrected chi connectivity index (χ2v) is 3.71. The van der Waals surface area contributed by atoms with Crippen LogP contribution >= 0.6 is 15.9 Å². The molecule has 0 radical (unpaired) electrons. The normalized spacial score (nSPS) is 12.5. The van der Waals surface area contributed by atoms with Crippen molar-refractivity contribution < 1.29 is 9.21 Å². The highest BCUT2D eigenvalue weighted by molar-refractivity contribution is 9.10. The summed E-state index contributed by atoms with van der Waals surface area (Å²) < 4.78 is 5.39. The summed E-state index contributed by atoms with van der Waals surface area (Å²) in [5.74, 6) is -0.172. The maximum Gasteiger partial charge on any atom is 0.255 e. The molecule has 0 aliphatic carbocycles. The number of nitrogens with two attached hydrogens (primary N) is 1. The van der Waals surface area contributed by atoms with Crippen LogP contribution in [0, 0.1) is 0 Å². The van der Waals surface area contributed by atoms with Gasteiger partial charge in [0.1, 0.15) is 0 Å². The Kier molecular flexibility index (Phi) is 4.16. The molecule has 0 aliphatic rings. The molecule has 1 unspecified atom stereocenters. The molecule has 0 saturated heterocycles. The van der Waals surface area contributed by atoms with Crippen LogP contribution in [-0.2, 0) is 0 Å². The van der Waals surface area contributed by atoms with Gasteiger partial charge in [0.05, 0.1) is 11.8 Å². The molecule has 0 bridgehead atoms. The first-order valence-electron chi connectivity index (χ1n) is 4.42. The van der Waals surface area contributed by atoms with E-state index < -0.39 is 0 Å². The Morgan fingerprint density at radius 2 is 2.50 bits per heavy atom. The van der Waals surface area contributed by atoms with E-state index in [1.807, 2.05) is 6.92 Å². The molecule has 1 aromatic rings. The molecule has 1 heterocycles. The molecule has 5 heteroatoms. The van der Waals surface area contributed by atoms with E-state index in [-0.39, 0.29) is 11.9 Å². The highest BCUT2D eigenvalue weighted by atomic mass is 79.9. The zero-order valence-corrected chi connectivity index (χ0v) is 9.50. The first-order chi connectivity index (χ1) is 6.65. The Morgan fingerprint density at radius 1 is 1.79 bits per heavy atom. The molecule has 0 aromatic carbocycles. The summed E-state index contributed by atoms with van der Waals surface area (Å²) in [7, 11) is 0. The maximum absolute atomic E-state index is 11.5. The second kappa shape index (κ2) is 5.17. The fourth-order valence-electron chi connectivity index (χ4n) is 0.919. The van der Waals surface area contributed by atoms with Crippen LogP contribution in [0.4, 0.5) is 0 Å². The highest BCUT2D eigenvalue weighted by Gasteiger charge is 2.12. The van der Waals surface area contributed by atoms with Gasteiger partial charge in [0, 0.05) is 12.6 Å². The van der Waals surface area contributed by atoms with Crippen LogP contribution in [0.5, 0.6) is 0 Å². The summed E-state index contributed by atoms with van der Waals surface area (Å²) in [6.07, 6.45) is 2.30. The van der Waals surface area contributed by atoms with Crippen LogP contribution in [0.3, 0.4) is 0 Å². The van der Waals surface area contributed by atoms with Gasteiger partial charge in [0.25, 0.3) is 5.91 Å². The van der Waals surface area contributed by atoms with Gasteiger partial charge in [-0.05, 0) is 28.4 Å². The van der Waals surface area contributed by atoms with Crippen LogP contribution in [0.15, 0.2) is 21.4 Å². The molecule has 0 spiro atoms. The SMILES string of the molecule is CCC(N)CNC(=O)c1ccoc1Br. The number of amides is 1. The Morgan fingerprint density at radius 3 is 3.00 bits per heavy atom. The molecule has 0 fully saturated rings. The van der Waals surface area contributed by atoms with Crippen molar-refractivity contribution in [3.05, 3.63) is 22.6 Å². The van der Waals surface area contributed by atoms with Crippen molar-refractivity contribution in [2.24, 2.45) is 5.73 Å². The predicted octanol–water partition coefficient (Wildman–Crippen LogP) is 1.51. The average Bonchev–Trinajstić information content (AvgIpc) is 2.60. The van der Waals surface area contributed by atoms with Crippen molar-refractivity contribution in [3.8, 4) is 0 Å². The number of carbonyl (C=O) groups excluding carboxylic acids is 1. The molecule has 78 valence electrons. The topological polar surface area (TPSA) is 68.3 Å². The average molecular weight is 261 g/mol. The lowest BCUT2D eigenvalue weighted by atomic mass is 10.2. The lowest BCUT2D eigenvalue weighted by Gasteiger charge is -2.09. The molecule has 3 N–H and O–H groups in total. The summed E-state index contributed by atoms with van der Waals surface area (Å²) in [5, 5.41) is 2.72. The lowest BCUT2D eigenvalue weighted by molar-refractivity contribution is 0.0949. The van der Waals surface area contributed by atoms with Gasteiger partial charge in [0.15, 0.2) is 4.67 Å². The van der Waals surface area contributed by atoms with Crippen molar-refractivity contribution in [1.29, 1.82) is 0 Å². The predicted molar refractivity (Wildman–Crippen MR) is 57.0 cm³/mol. The van der Waals surface area contributed by atoms with Crippen molar-refractivity contribution in [2.75, 3.05) is 6.54 Å². The zero-order valence-electron chi connectivity index (χ0n) is 7.92. The Bertz CT molecular complexity index is 312. The maximum atomic E-state index is 11.5. The summed E-state index contributed by atoms with van der Waals surface area (Å²) in [4.78, 5) is 11.5. The van der Waals surface area contributed by atoms with E-state index in [0.717, 1.165) is 6.42 Å². The van der Waals surface area contributed by atoms with Crippen molar-refractivity contribution >= 4 is 21.8 Å². The van der Waals surface area contributed by atoms with Crippen molar-refractivity contribution in [3.63, 3.8) is 0 Å². The van der Waals surface area contributed by atoms with E-state index in [4.69, 9.17) is 10.2 Å². The van der Waals surface area contributed by atoms with Gasteiger partial charge >= 0.3 is 0 Å². The Balaban J connectivity index is 2.47. The summed E-state index contributed by atoms with van der Waals surface area (Å²) in [6, 6.07) is 1.61. The molecule has 1 aromatic heterocycles. The molecule has 4 nitrogen and oxygen atoms in total. The summed E-state index contributed by atoms with van der Waals surface area (Å²) in [6.45, 7) is 2.46. The minimum atomic E-state index is -0.172. The fraction of sp³-hybridized carbons (Fsp3) is 0.444. The summed E-state index contributed by atoms with van der Waals surface area (Å²) in [5.41, 5.74) is 6.16. The van der Waals surface area contributed by atoms with Gasteiger partial charge in [-0.1, -0.05) is 6.92 Å². The van der Waals surface area contributed by atoms with Gasteiger partial charge in [-0.15, -0.1) is 0 Å². The monoisotopic (exact) mass is 260 g/mol. The van der Waals surface area contributed by atoms with Crippen molar-refractivity contribution in [1.82, 2.24) is 5.32 Å². The molecular weight excluding hydrogens is 248 g/mol. The van der Waals surface area contributed by atoms with Gasteiger partial charge in [-0.2, -0.15) is 0 Å². The standard InChI is InChI=1S/C9H13BrN2O2/c1-2-6(11)5-12-9(13)7-3-4-14-8(7)10/h3-4,6H,2,5,11H2,1H3,(H,12,13). The van der Waals surface area contributed by atoms with E-state index in [1.165, 1.54) is 6.26 Å². The van der Waals surface area contributed by atoms with E-state index >= 15 is 0 Å². The molecule has 0 saturated carbocycles. The number of rotatable bonds is 4. The smallest absolute Gasteiger partial charge is 0.255 e. The minimum Gasteiger partial charge on any atom is -0.457 e. The molecule has 1 atom stereocenters. The number of hydrogen-bond donors (Lipinski definition) is 2. The fourth-order valence-corrected chi connectivity index (χ4v) is 1.34. The van der Waals surface area contributed by atoms with Crippen molar-refractivity contribution in [2.45, 2.75) is 19.4 Å². The van der Waals surface area contributed by atoms with Gasteiger partial charge < -0.3 is 15.5 Å². The Hall–Kier alpha value is -0.810. The van der Waals surface area contributed by atoms with Gasteiger partial charge in [-0.3, -0.25) is 4.79 Å². The largest absolute Gasteiger partial charge is 0.457 e. The molecule has 0 aliphatic heterocycles. The third-order valence-electron chi connectivity index (χ3n) is 1.91. The van der Waals surface area contributed by atoms with E-state index in [0.29, 0.717) is 16.8 Å². The molecule has 1 rings (SSSR count). The third-order valence-corrected chi connectivity index (χ3v) is 2.53. The van der Waals surface area contributed by atoms with Crippen LogP contribution in [-0.4, -0.2) is 18.5 Å². The second-order valence-electron chi connectivity index (χ2n) is 2.99. The molecule has 1 amide bonds.